The molecule has 0 saturated carbocycles. The molecule has 14 aromatic rings. The normalized spacial score (nSPS) is 12.4. The van der Waals surface area contributed by atoms with E-state index < -0.39 is 0 Å². The third kappa shape index (κ3) is 8.77. The first-order chi connectivity index (χ1) is 40.8. The second kappa shape index (κ2) is 20.3. The molecule has 0 amide bonds. The molecule has 0 unspecified atom stereocenters. The zero-order chi connectivity index (χ0) is 55.6. The van der Waals surface area contributed by atoms with Crippen molar-refractivity contribution in [2.45, 2.75) is 26.2 Å². The van der Waals surface area contributed by atoms with E-state index in [-0.39, 0.29) is 5.41 Å². The Kier molecular flexibility index (Phi) is 12.1. The van der Waals surface area contributed by atoms with Crippen LogP contribution in [0.2, 0.25) is 0 Å². The summed E-state index contributed by atoms with van der Waals surface area (Å²) in [6.07, 6.45) is 0. The molecule has 0 bridgehead atoms. The Morgan fingerprint density at radius 1 is 0.325 bits per heavy atom. The van der Waals surface area contributed by atoms with Gasteiger partial charge in [0, 0.05) is 55.9 Å². The van der Waals surface area contributed by atoms with Crippen molar-refractivity contribution < 1.29 is 0 Å². The number of fused-ring (bicyclic) bond motifs is 7. The zero-order valence-corrected chi connectivity index (χ0v) is 46.7. The SMILES string of the molecule is Cc1cc(-c2ccc(-c3ccc(N(c4ccc(-c5cccc6ccccc56)cc4)c4ccc5c(c4)C(C)(C)c4cc(-c6ccc7c(c6)c6ccccc6n7-c6ccccc6)ccc4-5)cc3)cc2)ccc1-c1ccccc1Nc1ccccc1. The molecule has 15 rings (SSSR count). The first kappa shape index (κ1) is 49.6. The number of aromatic nitrogens is 1. The lowest BCUT2D eigenvalue weighted by Gasteiger charge is -2.28. The van der Waals surface area contributed by atoms with Crippen molar-refractivity contribution in [1.82, 2.24) is 4.57 Å². The zero-order valence-electron chi connectivity index (χ0n) is 46.7. The highest BCUT2D eigenvalue weighted by Gasteiger charge is 2.36. The molecule has 1 aromatic heterocycles. The van der Waals surface area contributed by atoms with Gasteiger partial charge in [-0.3, -0.25) is 0 Å². The van der Waals surface area contributed by atoms with Gasteiger partial charge in [0.25, 0.3) is 0 Å². The van der Waals surface area contributed by atoms with E-state index in [1.165, 1.54) is 122 Å². The van der Waals surface area contributed by atoms with Gasteiger partial charge in [0.05, 0.1) is 11.0 Å². The predicted molar refractivity (Wildman–Crippen MR) is 352 cm³/mol. The number of anilines is 5. The maximum atomic E-state index is 3.63. The van der Waals surface area contributed by atoms with Crippen LogP contribution in [0.5, 0.6) is 0 Å². The third-order valence-corrected chi connectivity index (χ3v) is 17.3. The van der Waals surface area contributed by atoms with Gasteiger partial charge >= 0.3 is 0 Å². The summed E-state index contributed by atoms with van der Waals surface area (Å²) in [7, 11) is 0. The maximum Gasteiger partial charge on any atom is 0.0541 e. The second-order valence-electron chi connectivity index (χ2n) is 22.6. The van der Waals surface area contributed by atoms with Gasteiger partial charge in [-0.15, -0.1) is 0 Å². The summed E-state index contributed by atoms with van der Waals surface area (Å²) in [4.78, 5) is 2.42. The summed E-state index contributed by atoms with van der Waals surface area (Å²) >= 11 is 0. The van der Waals surface area contributed by atoms with E-state index in [1.807, 2.05) is 6.07 Å². The minimum atomic E-state index is -0.254. The molecule has 83 heavy (non-hydrogen) atoms. The fourth-order valence-electron chi connectivity index (χ4n) is 13.1. The Labute approximate surface area is 485 Å². The van der Waals surface area contributed by atoms with Gasteiger partial charge in [-0.05, 0) is 187 Å². The van der Waals surface area contributed by atoms with E-state index >= 15 is 0 Å². The molecule has 0 spiro atoms. The summed E-state index contributed by atoms with van der Waals surface area (Å²) in [5.74, 6) is 0. The van der Waals surface area contributed by atoms with Gasteiger partial charge in [0.2, 0.25) is 0 Å². The van der Waals surface area contributed by atoms with Crippen molar-refractivity contribution in [2.75, 3.05) is 10.2 Å². The highest BCUT2D eigenvalue weighted by molar-refractivity contribution is 6.10. The fourth-order valence-corrected chi connectivity index (χ4v) is 13.1. The molecule has 3 nitrogen and oxygen atoms in total. The molecular formula is C80H59N3. The van der Waals surface area contributed by atoms with Crippen molar-refractivity contribution in [1.29, 1.82) is 0 Å². The van der Waals surface area contributed by atoms with E-state index in [0.29, 0.717) is 0 Å². The number of para-hydroxylation sites is 4. The average Bonchev–Trinajstić information content (AvgIpc) is 3.59. The van der Waals surface area contributed by atoms with E-state index in [0.717, 1.165) is 28.4 Å². The van der Waals surface area contributed by atoms with Gasteiger partial charge in [-0.1, -0.05) is 220 Å². The molecule has 1 N–H and O–H groups in total. The number of aryl methyl sites for hydroxylation is 1. The van der Waals surface area contributed by atoms with Crippen molar-refractivity contribution in [2.24, 2.45) is 0 Å². The number of rotatable bonds is 11. The van der Waals surface area contributed by atoms with Crippen LogP contribution in [0.25, 0.3) is 105 Å². The Morgan fingerprint density at radius 2 is 0.819 bits per heavy atom. The van der Waals surface area contributed by atoms with Crippen LogP contribution < -0.4 is 10.2 Å². The van der Waals surface area contributed by atoms with Crippen LogP contribution in [0, 0.1) is 6.92 Å². The van der Waals surface area contributed by atoms with E-state index in [2.05, 4.69) is 327 Å². The quantitative estimate of drug-likeness (QED) is 0.139. The highest BCUT2D eigenvalue weighted by Crippen LogP contribution is 2.52. The van der Waals surface area contributed by atoms with Crippen LogP contribution in [0.15, 0.2) is 297 Å². The van der Waals surface area contributed by atoms with Crippen LogP contribution in [-0.2, 0) is 5.41 Å². The molecule has 0 fully saturated rings. The molecule has 1 heterocycles. The lowest BCUT2D eigenvalue weighted by molar-refractivity contribution is 0.660. The van der Waals surface area contributed by atoms with Gasteiger partial charge < -0.3 is 14.8 Å². The largest absolute Gasteiger partial charge is 0.355 e. The minimum Gasteiger partial charge on any atom is -0.355 e. The molecule has 1 aliphatic carbocycles. The monoisotopic (exact) mass is 1060 g/mol. The highest BCUT2D eigenvalue weighted by atomic mass is 15.1. The van der Waals surface area contributed by atoms with Gasteiger partial charge in [0.1, 0.15) is 0 Å². The smallest absolute Gasteiger partial charge is 0.0541 e. The maximum absolute atomic E-state index is 3.63. The Hall–Kier alpha value is -10.5. The lowest BCUT2D eigenvalue weighted by atomic mass is 9.81. The summed E-state index contributed by atoms with van der Waals surface area (Å²) < 4.78 is 2.39. The molecule has 394 valence electrons. The van der Waals surface area contributed by atoms with Gasteiger partial charge in [0.15, 0.2) is 0 Å². The Balaban J connectivity index is 0.750. The summed E-state index contributed by atoms with van der Waals surface area (Å²) in [5.41, 5.74) is 27.3. The van der Waals surface area contributed by atoms with Crippen LogP contribution in [0.3, 0.4) is 0 Å². The van der Waals surface area contributed by atoms with Gasteiger partial charge in [-0.25, -0.2) is 0 Å². The molecule has 0 atom stereocenters. The number of nitrogens with one attached hydrogen (secondary N) is 1. The molecular weight excluding hydrogens is 1000 g/mol. The van der Waals surface area contributed by atoms with Crippen molar-refractivity contribution in [3.63, 3.8) is 0 Å². The molecule has 0 radical (unpaired) electrons. The van der Waals surface area contributed by atoms with Crippen LogP contribution in [0.1, 0.15) is 30.5 Å². The fraction of sp³-hybridized carbons (Fsp3) is 0.0500. The van der Waals surface area contributed by atoms with Crippen molar-refractivity contribution >= 4 is 61.0 Å². The molecule has 0 aliphatic heterocycles. The minimum absolute atomic E-state index is 0.254. The van der Waals surface area contributed by atoms with Gasteiger partial charge in [-0.2, -0.15) is 0 Å². The number of nitrogens with zero attached hydrogens (tertiary/aromatic N) is 2. The number of benzene rings is 13. The molecule has 3 heteroatoms. The average molecular weight is 1060 g/mol. The second-order valence-corrected chi connectivity index (χ2v) is 22.6. The Bertz CT molecular complexity index is 4760. The topological polar surface area (TPSA) is 20.2 Å². The first-order valence-electron chi connectivity index (χ1n) is 28.8. The molecule has 1 aliphatic rings. The summed E-state index contributed by atoms with van der Waals surface area (Å²) in [6.45, 7) is 7.00. The van der Waals surface area contributed by atoms with E-state index in [9.17, 15) is 0 Å². The van der Waals surface area contributed by atoms with Crippen LogP contribution in [-0.4, -0.2) is 4.57 Å². The number of hydrogen-bond donors (Lipinski definition) is 1. The van der Waals surface area contributed by atoms with Crippen molar-refractivity contribution in [3.05, 3.63) is 314 Å². The van der Waals surface area contributed by atoms with E-state index in [4.69, 9.17) is 0 Å². The van der Waals surface area contributed by atoms with E-state index in [1.54, 1.807) is 0 Å². The Morgan fingerprint density at radius 3 is 1.55 bits per heavy atom. The summed E-state index contributed by atoms with van der Waals surface area (Å²) in [6, 6.07) is 109. The first-order valence-corrected chi connectivity index (χ1v) is 28.8. The van der Waals surface area contributed by atoms with Crippen LogP contribution in [0.4, 0.5) is 28.4 Å². The summed E-state index contributed by atoms with van der Waals surface area (Å²) in [5, 5.41) is 8.65. The standard InChI is InChI=1S/C80H59N3/c1-53-49-59(37-45-67(53)72-24-12-14-27-77(72)81-62-19-6-4-7-20-62)56-31-29-54(30-32-56)55-33-40-64(41-34-55)82(65-42-35-58(36-43-65)69-26-16-18-57-17-10-11-23-68(57)69)66-44-47-71-70-46-38-61(51-75(70)80(2,3)76(71)52-66)60-39-48-79-74(50-60)73-25-13-15-28-78(73)83(79)63-21-8-5-9-22-63/h4-52,81H,1-3H3. The number of hydrogen-bond acceptors (Lipinski definition) is 2. The molecule has 0 saturated heterocycles. The lowest BCUT2D eigenvalue weighted by Crippen LogP contribution is -2.16. The predicted octanol–water partition coefficient (Wildman–Crippen LogP) is 22.1. The third-order valence-electron chi connectivity index (χ3n) is 17.3. The van der Waals surface area contributed by atoms with Crippen LogP contribution >= 0.6 is 0 Å². The van der Waals surface area contributed by atoms with Crippen molar-refractivity contribution in [3.8, 4) is 72.4 Å². The molecule has 13 aromatic carbocycles.